The summed E-state index contributed by atoms with van der Waals surface area (Å²) in [5.74, 6) is -1.79. The molecule has 33 heavy (non-hydrogen) atoms. The molecule has 1 aliphatic heterocycles. The van der Waals surface area contributed by atoms with Crippen molar-refractivity contribution in [1.82, 2.24) is 9.62 Å². The maximum absolute atomic E-state index is 13.4. The molecule has 0 aromatic heterocycles. The van der Waals surface area contributed by atoms with Crippen molar-refractivity contribution in [2.45, 2.75) is 37.1 Å². The second-order valence-electron chi connectivity index (χ2n) is 8.01. The summed E-state index contributed by atoms with van der Waals surface area (Å²) < 4.78 is 45.2. The van der Waals surface area contributed by atoms with Crippen molar-refractivity contribution >= 4 is 33.5 Å². The van der Waals surface area contributed by atoms with Gasteiger partial charge in [0.1, 0.15) is 5.82 Å². The fourth-order valence-electron chi connectivity index (χ4n) is 3.74. The lowest BCUT2D eigenvalue weighted by Gasteiger charge is -2.31. The van der Waals surface area contributed by atoms with E-state index in [1.165, 1.54) is 17.5 Å². The molecule has 0 aliphatic carbocycles. The zero-order chi connectivity index (χ0) is 24.2. The fourth-order valence-corrected chi connectivity index (χ4v) is 5.48. The first-order valence-corrected chi connectivity index (χ1v) is 12.3. The van der Waals surface area contributed by atoms with E-state index in [1.54, 1.807) is 0 Å². The Morgan fingerprint density at radius 1 is 1.18 bits per heavy atom. The molecule has 178 valence electrons. The molecule has 3 rings (SSSR count). The van der Waals surface area contributed by atoms with Gasteiger partial charge < -0.3 is 10.1 Å². The summed E-state index contributed by atoms with van der Waals surface area (Å²) in [6.45, 7) is 2.22. The molecule has 1 amide bonds. The molecule has 0 bridgehead atoms. The number of hydrogen-bond acceptors (Lipinski definition) is 5. The van der Waals surface area contributed by atoms with Crippen molar-refractivity contribution < 1.29 is 27.1 Å². The van der Waals surface area contributed by atoms with E-state index in [-0.39, 0.29) is 35.3 Å². The molecule has 1 unspecified atom stereocenters. The van der Waals surface area contributed by atoms with Crippen LogP contribution in [0.3, 0.4) is 0 Å². The van der Waals surface area contributed by atoms with Gasteiger partial charge in [0.15, 0.2) is 0 Å². The highest BCUT2D eigenvalue weighted by atomic mass is 35.5. The molecule has 7 nitrogen and oxygen atoms in total. The van der Waals surface area contributed by atoms with E-state index < -0.39 is 33.8 Å². The summed E-state index contributed by atoms with van der Waals surface area (Å²) in [7, 11) is -2.56. The van der Waals surface area contributed by atoms with Gasteiger partial charge in [-0.2, -0.15) is 4.31 Å². The molecule has 0 radical (unpaired) electrons. The van der Waals surface area contributed by atoms with Crippen LogP contribution in [0, 0.1) is 18.7 Å². The molecule has 0 saturated carbocycles. The molecule has 1 saturated heterocycles. The van der Waals surface area contributed by atoms with Crippen LogP contribution in [0.25, 0.3) is 0 Å². The maximum Gasteiger partial charge on any atom is 0.307 e. The number of halogens is 2. The van der Waals surface area contributed by atoms with Gasteiger partial charge in [-0.25, -0.2) is 12.8 Å². The molecular weight excluding hydrogens is 471 g/mol. The van der Waals surface area contributed by atoms with Crippen molar-refractivity contribution in [3.8, 4) is 0 Å². The summed E-state index contributed by atoms with van der Waals surface area (Å²) in [6, 6.07) is 10.2. The van der Waals surface area contributed by atoms with Crippen LogP contribution in [0.5, 0.6) is 0 Å². The second kappa shape index (κ2) is 10.6. The Kier molecular flexibility index (Phi) is 8.10. The van der Waals surface area contributed by atoms with Gasteiger partial charge in [0.2, 0.25) is 15.9 Å². The van der Waals surface area contributed by atoms with Crippen LogP contribution < -0.4 is 5.32 Å². The lowest BCUT2D eigenvalue weighted by Crippen LogP contribution is -2.44. The number of nitrogens with zero attached hydrogens (tertiary/aromatic N) is 1. The zero-order valence-corrected chi connectivity index (χ0v) is 20.0. The van der Waals surface area contributed by atoms with Gasteiger partial charge in [-0.1, -0.05) is 41.4 Å². The topological polar surface area (TPSA) is 92.8 Å². The van der Waals surface area contributed by atoms with Crippen LogP contribution >= 0.6 is 11.6 Å². The highest BCUT2D eigenvalue weighted by molar-refractivity contribution is 7.89. The normalized spacial score (nSPS) is 16.2. The minimum absolute atomic E-state index is 0.0101. The highest BCUT2D eigenvalue weighted by Crippen LogP contribution is 2.27. The number of rotatable bonds is 7. The van der Waals surface area contributed by atoms with Gasteiger partial charge in [0.05, 0.1) is 29.5 Å². The van der Waals surface area contributed by atoms with Gasteiger partial charge in [-0.05, 0) is 43.5 Å². The minimum atomic E-state index is -3.85. The highest BCUT2D eigenvalue weighted by Gasteiger charge is 2.33. The largest absolute Gasteiger partial charge is 0.469 e. The SMILES string of the molecule is COC(=O)CC(NC(=O)C1CCN(S(=O)(=O)c2ccc(F)c(Cl)c2)CC1)c1ccc(C)cc1. The van der Waals surface area contributed by atoms with E-state index in [2.05, 4.69) is 5.32 Å². The number of esters is 1. The van der Waals surface area contributed by atoms with Crippen LogP contribution in [-0.4, -0.2) is 44.8 Å². The summed E-state index contributed by atoms with van der Waals surface area (Å²) in [6.07, 6.45) is 0.627. The number of hydrogen-bond donors (Lipinski definition) is 1. The predicted molar refractivity (Wildman–Crippen MR) is 122 cm³/mol. The van der Waals surface area contributed by atoms with Crippen LogP contribution in [-0.2, 0) is 24.3 Å². The van der Waals surface area contributed by atoms with Crippen molar-refractivity contribution in [2.24, 2.45) is 5.92 Å². The molecule has 0 spiro atoms. The first kappa shape index (κ1) is 25.1. The van der Waals surface area contributed by atoms with Gasteiger partial charge in [0.25, 0.3) is 0 Å². The quantitative estimate of drug-likeness (QED) is 0.591. The zero-order valence-electron chi connectivity index (χ0n) is 18.4. The van der Waals surface area contributed by atoms with Crippen molar-refractivity contribution in [2.75, 3.05) is 20.2 Å². The first-order chi connectivity index (χ1) is 15.6. The number of sulfonamides is 1. The van der Waals surface area contributed by atoms with Gasteiger partial charge in [0, 0.05) is 19.0 Å². The number of benzene rings is 2. The third-order valence-electron chi connectivity index (χ3n) is 5.75. The molecule has 2 aromatic carbocycles. The summed E-state index contributed by atoms with van der Waals surface area (Å²) in [5, 5.41) is 2.65. The number of nitrogens with one attached hydrogen (secondary N) is 1. The van der Waals surface area contributed by atoms with Crippen LogP contribution in [0.2, 0.25) is 5.02 Å². The molecule has 10 heteroatoms. The fraction of sp³-hybridized carbons (Fsp3) is 0.391. The monoisotopic (exact) mass is 496 g/mol. The minimum Gasteiger partial charge on any atom is -0.469 e. The third-order valence-corrected chi connectivity index (χ3v) is 7.93. The van der Waals surface area contributed by atoms with Gasteiger partial charge >= 0.3 is 5.97 Å². The Morgan fingerprint density at radius 2 is 1.82 bits per heavy atom. The Hall–Kier alpha value is -2.49. The van der Waals surface area contributed by atoms with E-state index >= 15 is 0 Å². The second-order valence-corrected chi connectivity index (χ2v) is 10.4. The average molecular weight is 497 g/mol. The molecule has 1 N–H and O–H groups in total. The van der Waals surface area contributed by atoms with Crippen molar-refractivity contribution in [1.29, 1.82) is 0 Å². The first-order valence-electron chi connectivity index (χ1n) is 10.5. The Balaban J connectivity index is 1.66. The molecule has 2 aromatic rings. The van der Waals surface area contributed by atoms with Crippen LogP contribution in [0.1, 0.15) is 36.4 Å². The number of carbonyl (C=O) groups excluding carboxylic acids is 2. The van der Waals surface area contributed by atoms with E-state index in [0.29, 0.717) is 12.8 Å². The van der Waals surface area contributed by atoms with Crippen molar-refractivity contribution in [3.05, 3.63) is 64.4 Å². The molecule has 1 heterocycles. The molecule has 1 atom stereocenters. The predicted octanol–water partition coefficient (Wildman–Crippen LogP) is 3.61. The van der Waals surface area contributed by atoms with E-state index in [9.17, 15) is 22.4 Å². The van der Waals surface area contributed by atoms with Crippen LogP contribution in [0.4, 0.5) is 4.39 Å². The Morgan fingerprint density at radius 3 is 2.39 bits per heavy atom. The molecule has 1 aliphatic rings. The Bertz CT molecular complexity index is 1120. The molecule has 1 fully saturated rings. The van der Waals surface area contributed by atoms with Crippen LogP contribution in [0.15, 0.2) is 47.4 Å². The summed E-state index contributed by atoms with van der Waals surface area (Å²) >= 11 is 5.73. The van der Waals surface area contributed by atoms with E-state index in [1.807, 2.05) is 31.2 Å². The maximum atomic E-state index is 13.4. The number of piperidine rings is 1. The average Bonchev–Trinajstić information content (AvgIpc) is 2.80. The smallest absolute Gasteiger partial charge is 0.307 e. The van der Waals surface area contributed by atoms with Gasteiger partial charge in [-0.3, -0.25) is 9.59 Å². The van der Waals surface area contributed by atoms with E-state index in [0.717, 1.165) is 23.3 Å². The standard InChI is InChI=1S/C23H26ClFN2O5S/c1-15-3-5-16(6-4-15)21(14-22(28)32-2)26-23(29)17-9-11-27(12-10-17)33(30,31)18-7-8-20(25)19(24)13-18/h3-8,13,17,21H,9-12,14H2,1-2H3,(H,26,29). The van der Waals surface area contributed by atoms with Crippen molar-refractivity contribution in [3.63, 3.8) is 0 Å². The lowest BCUT2D eigenvalue weighted by molar-refractivity contribution is -0.141. The number of carbonyl (C=O) groups is 2. The summed E-state index contributed by atoms with van der Waals surface area (Å²) in [5.41, 5.74) is 1.84. The number of aryl methyl sites for hydroxylation is 1. The summed E-state index contributed by atoms with van der Waals surface area (Å²) in [4.78, 5) is 24.7. The third kappa shape index (κ3) is 6.10. The number of methoxy groups -OCH3 is 1. The Labute approximate surface area is 197 Å². The number of amides is 1. The lowest BCUT2D eigenvalue weighted by atomic mass is 9.95. The van der Waals surface area contributed by atoms with E-state index in [4.69, 9.17) is 16.3 Å². The molecular formula is C23H26ClFN2O5S. The number of ether oxygens (including phenoxy) is 1. The van der Waals surface area contributed by atoms with Gasteiger partial charge in [-0.15, -0.1) is 0 Å².